The van der Waals surface area contributed by atoms with Gasteiger partial charge >= 0.3 is 11.9 Å². The van der Waals surface area contributed by atoms with E-state index in [2.05, 4.69) is 20.9 Å². The van der Waals surface area contributed by atoms with Crippen LogP contribution in [0.2, 0.25) is 0 Å². The van der Waals surface area contributed by atoms with Crippen molar-refractivity contribution in [2.24, 2.45) is 27.9 Å². The van der Waals surface area contributed by atoms with E-state index in [0.29, 0.717) is 0 Å². The van der Waals surface area contributed by atoms with E-state index in [1.54, 1.807) is 0 Å². The Kier molecular flexibility index (Phi) is 14.8. The Hall–Kier alpha value is -3.99. The Balaban J connectivity index is 5.58. The molecule has 0 fully saturated rings. The molecule has 36 heavy (non-hydrogen) atoms. The Morgan fingerprint density at radius 3 is 1.75 bits per heavy atom. The van der Waals surface area contributed by atoms with Gasteiger partial charge in [-0.15, -0.1) is 0 Å². The highest BCUT2D eigenvalue weighted by Gasteiger charge is 2.30. The number of aliphatic hydroxyl groups is 1. The lowest BCUT2D eigenvalue weighted by Crippen LogP contribution is -2.57. The molecule has 0 aromatic carbocycles. The smallest absolute Gasteiger partial charge is 0.328 e. The SMILES string of the molecule is NC(=O)CCC(N)C(=O)NC(CCC(=O)O)C(=O)NC(CCCN=C(N)N)C(=O)NC(CO)C(=O)O. The molecule has 0 aliphatic heterocycles. The van der Waals surface area contributed by atoms with Gasteiger partial charge in [-0.05, 0) is 25.7 Å². The van der Waals surface area contributed by atoms with Gasteiger partial charge in [-0.3, -0.25) is 29.0 Å². The molecule has 0 radical (unpaired) electrons. The first kappa shape index (κ1) is 32.0. The van der Waals surface area contributed by atoms with Gasteiger partial charge < -0.3 is 54.2 Å². The number of nitrogens with zero attached hydrogens (tertiary/aromatic N) is 1. The van der Waals surface area contributed by atoms with Crippen LogP contribution in [0.4, 0.5) is 0 Å². The van der Waals surface area contributed by atoms with E-state index < -0.39 is 72.8 Å². The first-order valence-electron chi connectivity index (χ1n) is 10.8. The van der Waals surface area contributed by atoms with E-state index in [1.807, 2.05) is 0 Å². The van der Waals surface area contributed by atoms with Crippen molar-refractivity contribution in [2.45, 2.75) is 62.7 Å². The number of primary amides is 1. The Bertz CT molecular complexity index is 832. The molecule has 14 N–H and O–H groups in total. The number of aliphatic carboxylic acids is 2. The average Bonchev–Trinajstić information content (AvgIpc) is 2.79. The largest absolute Gasteiger partial charge is 0.481 e. The van der Waals surface area contributed by atoms with Crippen molar-refractivity contribution in [1.29, 1.82) is 0 Å². The fraction of sp³-hybridized carbons (Fsp3) is 0.632. The number of carboxylic acid groups (broad SMARTS) is 2. The molecule has 4 amide bonds. The summed E-state index contributed by atoms with van der Waals surface area (Å²) in [6.07, 6.45) is -1.13. The zero-order valence-corrected chi connectivity index (χ0v) is 19.5. The fourth-order valence-electron chi connectivity index (χ4n) is 2.75. The summed E-state index contributed by atoms with van der Waals surface area (Å²) in [4.78, 5) is 74.6. The van der Waals surface area contributed by atoms with Crippen LogP contribution in [0.1, 0.15) is 38.5 Å². The molecule has 17 heteroatoms. The molecule has 17 nitrogen and oxygen atoms in total. The Morgan fingerprint density at radius 1 is 0.750 bits per heavy atom. The number of rotatable bonds is 18. The van der Waals surface area contributed by atoms with Gasteiger partial charge in [0.2, 0.25) is 23.6 Å². The summed E-state index contributed by atoms with van der Waals surface area (Å²) in [6.45, 7) is -0.853. The normalized spacial score (nSPS) is 13.8. The van der Waals surface area contributed by atoms with E-state index in [9.17, 15) is 28.8 Å². The van der Waals surface area contributed by atoms with Crippen molar-refractivity contribution in [3.63, 3.8) is 0 Å². The number of aliphatic hydroxyl groups excluding tert-OH is 1. The summed E-state index contributed by atoms with van der Waals surface area (Å²) >= 11 is 0. The Morgan fingerprint density at radius 2 is 1.28 bits per heavy atom. The van der Waals surface area contributed by atoms with E-state index in [1.165, 1.54) is 0 Å². The monoisotopic (exact) mass is 518 g/mol. The quantitative estimate of drug-likeness (QED) is 0.0463. The van der Waals surface area contributed by atoms with Gasteiger partial charge in [-0.2, -0.15) is 0 Å². The van der Waals surface area contributed by atoms with E-state index in [-0.39, 0.29) is 44.6 Å². The number of hydrogen-bond donors (Lipinski definition) is 10. The first-order valence-corrected chi connectivity index (χ1v) is 10.8. The molecule has 4 atom stereocenters. The highest BCUT2D eigenvalue weighted by molar-refractivity contribution is 5.94. The van der Waals surface area contributed by atoms with Crippen LogP contribution >= 0.6 is 0 Å². The van der Waals surface area contributed by atoms with Crippen LogP contribution in [0, 0.1) is 0 Å². The lowest BCUT2D eigenvalue weighted by molar-refractivity contribution is -0.143. The highest BCUT2D eigenvalue weighted by Crippen LogP contribution is 2.05. The molecule has 0 saturated carbocycles. The number of guanidine groups is 1. The fourth-order valence-corrected chi connectivity index (χ4v) is 2.75. The number of carboxylic acids is 2. The molecule has 4 unspecified atom stereocenters. The average molecular weight is 519 g/mol. The number of hydrogen-bond acceptors (Lipinski definition) is 9. The number of amides is 4. The maximum absolute atomic E-state index is 12.9. The summed E-state index contributed by atoms with van der Waals surface area (Å²) in [5, 5.41) is 33.8. The van der Waals surface area contributed by atoms with Gasteiger partial charge in [0.05, 0.1) is 12.6 Å². The van der Waals surface area contributed by atoms with Crippen LogP contribution in [0.5, 0.6) is 0 Å². The number of carbonyl (C=O) groups is 6. The van der Waals surface area contributed by atoms with Crippen molar-refractivity contribution in [1.82, 2.24) is 16.0 Å². The lowest BCUT2D eigenvalue weighted by atomic mass is 10.1. The van der Waals surface area contributed by atoms with E-state index >= 15 is 0 Å². The first-order chi connectivity index (χ1) is 16.8. The third-order valence-corrected chi connectivity index (χ3v) is 4.69. The molecule has 204 valence electrons. The molecule has 0 heterocycles. The number of carbonyl (C=O) groups excluding carboxylic acids is 4. The predicted molar refractivity (Wildman–Crippen MR) is 124 cm³/mol. The summed E-state index contributed by atoms with van der Waals surface area (Å²) in [7, 11) is 0. The third-order valence-electron chi connectivity index (χ3n) is 4.69. The zero-order chi connectivity index (χ0) is 27.8. The van der Waals surface area contributed by atoms with Gasteiger partial charge in [0.25, 0.3) is 0 Å². The summed E-state index contributed by atoms with van der Waals surface area (Å²) in [5.41, 5.74) is 21.2. The maximum atomic E-state index is 12.9. The summed E-state index contributed by atoms with van der Waals surface area (Å²) in [6, 6.07) is -5.67. The summed E-state index contributed by atoms with van der Waals surface area (Å²) < 4.78 is 0. The second-order valence-corrected chi connectivity index (χ2v) is 7.70. The second kappa shape index (κ2) is 16.6. The van der Waals surface area contributed by atoms with E-state index in [0.717, 1.165) is 0 Å². The molecule has 0 rings (SSSR count). The molecule has 0 aromatic heterocycles. The standard InChI is InChI=1S/C19H34N8O9/c20-9(3-5-13(21)29)15(32)25-11(4-6-14(30)31)17(34)26-10(2-1-7-24-19(22)23)16(33)27-12(8-28)18(35)36/h9-12,28H,1-8,20H2,(H2,21,29)(H,25,32)(H,26,34)(H,27,33)(H,30,31)(H,35,36)(H4,22,23,24). The molecular formula is C19H34N8O9. The maximum Gasteiger partial charge on any atom is 0.328 e. The van der Waals surface area contributed by atoms with Gasteiger partial charge in [-0.25, -0.2) is 4.79 Å². The van der Waals surface area contributed by atoms with Crippen LogP contribution in [-0.2, 0) is 28.8 Å². The van der Waals surface area contributed by atoms with Crippen LogP contribution < -0.4 is 38.9 Å². The molecule has 0 aromatic rings. The molecule has 0 spiro atoms. The molecule has 0 bridgehead atoms. The van der Waals surface area contributed by atoms with Crippen LogP contribution in [0.15, 0.2) is 4.99 Å². The number of nitrogens with one attached hydrogen (secondary N) is 3. The van der Waals surface area contributed by atoms with Crippen molar-refractivity contribution >= 4 is 41.5 Å². The number of nitrogens with two attached hydrogens (primary N) is 4. The molecular weight excluding hydrogens is 484 g/mol. The van der Waals surface area contributed by atoms with Crippen molar-refractivity contribution in [2.75, 3.05) is 13.2 Å². The minimum Gasteiger partial charge on any atom is -0.481 e. The number of aliphatic imine (C=N–C) groups is 1. The molecule has 0 saturated heterocycles. The highest BCUT2D eigenvalue weighted by atomic mass is 16.4. The topological polar surface area (TPSA) is 316 Å². The minimum absolute atomic E-state index is 0.0677. The van der Waals surface area contributed by atoms with Gasteiger partial charge in [-0.1, -0.05) is 0 Å². The van der Waals surface area contributed by atoms with Crippen molar-refractivity contribution in [3.8, 4) is 0 Å². The van der Waals surface area contributed by atoms with Crippen LogP contribution in [0.3, 0.4) is 0 Å². The van der Waals surface area contributed by atoms with Gasteiger partial charge in [0.1, 0.15) is 18.1 Å². The molecule has 0 aliphatic rings. The lowest BCUT2D eigenvalue weighted by Gasteiger charge is -2.24. The summed E-state index contributed by atoms with van der Waals surface area (Å²) in [5.74, 6) is -6.47. The Labute approximate surface area is 206 Å². The van der Waals surface area contributed by atoms with Crippen LogP contribution in [0.25, 0.3) is 0 Å². The van der Waals surface area contributed by atoms with Crippen molar-refractivity contribution in [3.05, 3.63) is 0 Å². The third kappa shape index (κ3) is 13.7. The second-order valence-electron chi connectivity index (χ2n) is 7.70. The predicted octanol–water partition coefficient (Wildman–Crippen LogP) is -4.97. The minimum atomic E-state index is -1.65. The van der Waals surface area contributed by atoms with Gasteiger partial charge in [0, 0.05) is 19.4 Å². The molecule has 0 aliphatic carbocycles. The van der Waals surface area contributed by atoms with E-state index in [4.69, 9.17) is 38.3 Å². The zero-order valence-electron chi connectivity index (χ0n) is 19.5. The van der Waals surface area contributed by atoms with Crippen LogP contribution in [-0.4, -0.2) is 94.2 Å². The van der Waals surface area contributed by atoms with Crippen molar-refractivity contribution < 1.29 is 44.1 Å². The van der Waals surface area contributed by atoms with Gasteiger partial charge in [0.15, 0.2) is 5.96 Å².